The van der Waals surface area contributed by atoms with Crippen LogP contribution in [0.2, 0.25) is 0 Å². The second-order valence-corrected chi connectivity index (χ2v) is 4.88. The van der Waals surface area contributed by atoms with E-state index < -0.39 is 0 Å². The number of nitrogens with one attached hydrogen (secondary N) is 1. The number of anilines is 1. The van der Waals surface area contributed by atoms with Crippen molar-refractivity contribution in [3.8, 4) is 23.0 Å². The Morgan fingerprint density at radius 2 is 2.19 bits per heavy atom. The summed E-state index contributed by atoms with van der Waals surface area (Å²) in [6, 6.07) is 7.86. The highest BCUT2D eigenvalue weighted by Crippen LogP contribution is 2.32. The van der Waals surface area contributed by atoms with Gasteiger partial charge in [-0.05, 0) is 36.6 Å². The van der Waals surface area contributed by atoms with Gasteiger partial charge in [0.2, 0.25) is 5.82 Å². The molecule has 0 unspecified atom stereocenters. The molecule has 0 spiro atoms. The lowest BCUT2D eigenvalue weighted by atomic mass is 9.97. The molecule has 104 valence electrons. The van der Waals surface area contributed by atoms with Crippen molar-refractivity contribution in [1.29, 1.82) is 0 Å². The molecule has 0 saturated heterocycles. The minimum absolute atomic E-state index is 0.480. The van der Waals surface area contributed by atoms with Crippen molar-refractivity contribution in [3.05, 3.63) is 42.4 Å². The van der Waals surface area contributed by atoms with E-state index in [1.807, 2.05) is 12.1 Å². The molecule has 0 bridgehead atoms. The van der Waals surface area contributed by atoms with Crippen LogP contribution in [0.15, 0.2) is 41.3 Å². The maximum Gasteiger partial charge on any atom is 0.258 e. The molecule has 0 amide bonds. The highest BCUT2D eigenvalue weighted by molar-refractivity contribution is 5.70. The third-order valence-electron chi connectivity index (χ3n) is 3.56. The normalized spacial score (nSPS) is 13.5. The van der Waals surface area contributed by atoms with Gasteiger partial charge in [0, 0.05) is 24.0 Å². The van der Waals surface area contributed by atoms with Crippen LogP contribution >= 0.6 is 0 Å². The Hall–Kier alpha value is -2.76. The molecule has 3 heterocycles. The quantitative estimate of drug-likeness (QED) is 0.776. The molecule has 2 aromatic heterocycles. The van der Waals surface area contributed by atoms with Crippen LogP contribution in [0.4, 0.5) is 5.69 Å². The molecular formula is C15H13N5O. The van der Waals surface area contributed by atoms with Gasteiger partial charge in [0.25, 0.3) is 5.89 Å². The van der Waals surface area contributed by atoms with Crippen LogP contribution in [0.1, 0.15) is 12.0 Å². The molecule has 6 nitrogen and oxygen atoms in total. The molecule has 6 heteroatoms. The van der Waals surface area contributed by atoms with E-state index >= 15 is 0 Å². The van der Waals surface area contributed by atoms with E-state index in [1.54, 1.807) is 12.3 Å². The average Bonchev–Trinajstić information content (AvgIpc) is 3.05. The van der Waals surface area contributed by atoms with Crippen LogP contribution in [-0.4, -0.2) is 26.7 Å². The number of hydrogen-bond donors (Lipinski definition) is 1. The fourth-order valence-corrected chi connectivity index (χ4v) is 2.57. The van der Waals surface area contributed by atoms with E-state index in [0.717, 1.165) is 30.6 Å². The van der Waals surface area contributed by atoms with Crippen molar-refractivity contribution in [2.45, 2.75) is 12.8 Å². The predicted octanol–water partition coefficient (Wildman–Crippen LogP) is 2.55. The van der Waals surface area contributed by atoms with E-state index in [-0.39, 0.29) is 0 Å². The summed E-state index contributed by atoms with van der Waals surface area (Å²) < 4.78 is 5.42. The van der Waals surface area contributed by atoms with Gasteiger partial charge >= 0.3 is 0 Å². The molecular weight excluding hydrogens is 266 g/mol. The molecule has 1 aromatic carbocycles. The van der Waals surface area contributed by atoms with Crippen molar-refractivity contribution in [2.75, 3.05) is 11.9 Å². The van der Waals surface area contributed by atoms with Crippen molar-refractivity contribution in [1.82, 2.24) is 20.1 Å². The summed E-state index contributed by atoms with van der Waals surface area (Å²) in [5.41, 5.74) is 4.04. The fraction of sp³-hybridized carbons (Fsp3) is 0.200. The number of fused-ring (bicyclic) bond motifs is 1. The first kappa shape index (κ1) is 12.0. The zero-order chi connectivity index (χ0) is 14.1. The summed E-state index contributed by atoms with van der Waals surface area (Å²) in [6.07, 6.45) is 5.26. The summed E-state index contributed by atoms with van der Waals surface area (Å²) in [5, 5.41) is 7.42. The first-order chi connectivity index (χ1) is 10.4. The first-order valence-corrected chi connectivity index (χ1v) is 6.88. The van der Waals surface area contributed by atoms with Crippen LogP contribution in [-0.2, 0) is 6.42 Å². The van der Waals surface area contributed by atoms with Gasteiger partial charge in [-0.2, -0.15) is 4.98 Å². The third-order valence-corrected chi connectivity index (χ3v) is 3.56. The Bertz CT molecular complexity index is 769. The average molecular weight is 279 g/mol. The molecule has 0 radical (unpaired) electrons. The van der Waals surface area contributed by atoms with E-state index in [2.05, 4.69) is 31.5 Å². The van der Waals surface area contributed by atoms with Gasteiger partial charge in [0.1, 0.15) is 12.0 Å². The van der Waals surface area contributed by atoms with Crippen molar-refractivity contribution in [3.63, 3.8) is 0 Å². The molecule has 1 aliphatic heterocycles. The van der Waals surface area contributed by atoms with Gasteiger partial charge in [0.05, 0.1) is 0 Å². The largest absolute Gasteiger partial charge is 0.385 e. The number of aromatic nitrogens is 4. The molecule has 0 fully saturated rings. The molecule has 1 N–H and O–H groups in total. The Morgan fingerprint density at radius 3 is 3.10 bits per heavy atom. The smallest absolute Gasteiger partial charge is 0.258 e. The van der Waals surface area contributed by atoms with Gasteiger partial charge in [0.15, 0.2) is 0 Å². The Labute approximate surface area is 121 Å². The molecule has 0 saturated carbocycles. The van der Waals surface area contributed by atoms with E-state index in [9.17, 15) is 0 Å². The highest BCUT2D eigenvalue weighted by Gasteiger charge is 2.18. The van der Waals surface area contributed by atoms with Crippen LogP contribution < -0.4 is 5.32 Å². The number of hydrogen-bond acceptors (Lipinski definition) is 6. The predicted molar refractivity (Wildman–Crippen MR) is 77.6 cm³/mol. The Kier molecular flexibility index (Phi) is 2.85. The fourth-order valence-electron chi connectivity index (χ4n) is 2.57. The number of nitrogens with zero attached hydrogens (tertiary/aromatic N) is 4. The van der Waals surface area contributed by atoms with Gasteiger partial charge in [-0.3, -0.25) is 0 Å². The van der Waals surface area contributed by atoms with E-state index in [1.165, 1.54) is 11.9 Å². The maximum atomic E-state index is 5.42. The summed E-state index contributed by atoms with van der Waals surface area (Å²) in [7, 11) is 0. The second kappa shape index (κ2) is 4.97. The third kappa shape index (κ3) is 2.14. The minimum atomic E-state index is 0.480. The molecule has 21 heavy (non-hydrogen) atoms. The number of rotatable bonds is 2. The van der Waals surface area contributed by atoms with Crippen LogP contribution in [0.5, 0.6) is 0 Å². The Morgan fingerprint density at radius 1 is 1.19 bits per heavy atom. The van der Waals surface area contributed by atoms with Gasteiger partial charge < -0.3 is 9.84 Å². The molecule has 4 rings (SSSR count). The number of benzene rings is 1. The summed E-state index contributed by atoms with van der Waals surface area (Å²) in [4.78, 5) is 12.5. The van der Waals surface area contributed by atoms with Gasteiger partial charge in [-0.15, -0.1) is 0 Å². The van der Waals surface area contributed by atoms with Crippen LogP contribution in [0.3, 0.4) is 0 Å². The van der Waals surface area contributed by atoms with E-state index in [4.69, 9.17) is 4.52 Å². The van der Waals surface area contributed by atoms with Crippen molar-refractivity contribution >= 4 is 5.69 Å². The zero-order valence-corrected chi connectivity index (χ0v) is 11.3. The highest BCUT2D eigenvalue weighted by atomic mass is 16.5. The molecule has 3 aromatic rings. The van der Waals surface area contributed by atoms with Gasteiger partial charge in [-0.1, -0.05) is 11.2 Å². The summed E-state index contributed by atoms with van der Waals surface area (Å²) >= 11 is 0. The van der Waals surface area contributed by atoms with Gasteiger partial charge in [-0.25, -0.2) is 9.97 Å². The van der Waals surface area contributed by atoms with Crippen molar-refractivity contribution < 1.29 is 4.52 Å². The Balaban J connectivity index is 1.77. The molecule has 1 aliphatic rings. The zero-order valence-electron chi connectivity index (χ0n) is 11.3. The topological polar surface area (TPSA) is 76.7 Å². The molecule has 0 atom stereocenters. The molecule has 0 aliphatic carbocycles. The summed E-state index contributed by atoms with van der Waals surface area (Å²) in [6.45, 7) is 1.01. The standard InChI is InChI=1S/C15H13N5O/c1-3-11(10-4-2-7-17-12(10)5-1)15-19-14(20-21-15)13-6-8-16-9-18-13/h1,3,5-6,8-9,17H,2,4,7H2. The monoisotopic (exact) mass is 279 g/mol. The minimum Gasteiger partial charge on any atom is -0.385 e. The maximum absolute atomic E-state index is 5.42. The SMILES string of the molecule is c1cc2c(c(-c3nc(-c4ccncn4)no3)c1)CCCN2. The first-order valence-electron chi connectivity index (χ1n) is 6.88. The van der Waals surface area contributed by atoms with Crippen molar-refractivity contribution in [2.24, 2.45) is 0 Å². The lowest BCUT2D eigenvalue weighted by Gasteiger charge is -2.19. The summed E-state index contributed by atoms with van der Waals surface area (Å²) in [5.74, 6) is 1.01. The van der Waals surface area contributed by atoms with E-state index in [0.29, 0.717) is 17.4 Å². The van der Waals surface area contributed by atoms with Crippen LogP contribution in [0, 0.1) is 0 Å². The van der Waals surface area contributed by atoms with Crippen LogP contribution in [0.25, 0.3) is 23.0 Å². The lowest BCUT2D eigenvalue weighted by molar-refractivity contribution is 0.431. The lowest BCUT2D eigenvalue weighted by Crippen LogP contribution is -2.12. The second-order valence-electron chi connectivity index (χ2n) is 4.88.